The molecule has 0 spiro atoms. The molecule has 0 aromatic heterocycles. The van der Waals surface area contributed by atoms with Gasteiger partial charge in [-0.3, -0.25) is 4.57 Å². The van der Waals surface area contributed by atoms with Gasteiger partial charge >= 0.3 is 7.60 Å². The summed E-state index contributed by atoms with van der Waals surface area (Å²) in [5, 5.41) is -0.620. The van der Waals surface area contributed by atoms with Crippen molar-refractivity contribution in [2.45, 2.75) is 79.3 Å². The second kappa shape index (κ2) is 9.53. The van der Waals surface area contributed by atoms with E-state index in [9.17, 15) is 4.57 Å². The molecule has 0 amide bonds. The third-order valence-corrected chi connectivity index (χ3v) is 8.95. The van der Waals surface area contributed by atoms with Crippen molar-refractivity contribution in [2.75, 3.05) is 13.2 Å². The van der Waals surface area contributed by atoms with Crippen molar-refractivity contribution in [3.05, 3.63) is 35.9 Å². The van der Waals surface area contributed by atoms with Gasteiger partial charge in [0.05, 0.1) is 18.4 Å². The molecule has 26 heavy (non-hydrogen) atoms. The molecular weight excluding hydrogens is 343 g/mol. The van der Waals surface area contributed by atoms with Gasteiger partial charge in [0.25, 0.3) is 0 Å². The second-order valence-electron chi connectivity index (χ2n) is 8.45. The minimum atomic E-state index is -3.27. The van der Waals surface area contributed by atoms with Gasteiger partial charge in [0.1, 0.15) is 0 Å². The topological polar surface area (TPSA) is 35.5 Å². The van der Waals surface area contributed by atoms with E-state index in [1.165, 1.54) is 5.56 Å². The summed E-state index contributed by atoms with van der Waals surface area (Å²) in [6.07, 6.45) is 2.06. The predicted molar refractivity (Wildman–Crippen MR) is 112 cm³/mol. The Kier molecular flexibility index (Phi) is 8.58. The first-order valence-corrected chi connectivity index (χ1v) is 11.5. The van der Waals surface area contributed by atoms with Crippen molar-refractivity contribution >= 4 is 7.60 Å². The summed E-state index contributed by atoms with van der Waals surface area (Å²) in [6, 6.07) is 10.4. The molecule has 2 atom stereocenters. The van der Waals surface area contributed by atoms with E-state index in [2.05, 4.69) is 52.0 Å². The second-order valence-corrected chi connectivity index (χ2v) is 11.1. The Morgan fingerprint density at radius 3 is 1.88 bits per heavy atom. The lowest BCUT2D eigenvalue weighted by Gasteiger charge is -2.44. The van der Waals surface area contributed by atoms with E-state index < -0.39 is 12.8 Å². The van der Waals surface area contributed by atoms with Gasteiger partial charge in [0.15, 0.2) is 0 Å². The van der Waals surface area contributed by atoms with Crippen LogP contribution in [-0.4, -0.2) is 18.4 Å². The van der Waals surface area contributed by atoms with E-state index in [-0.39, 0.29) is 11.3 Å². The molecule has 0 heterocycles. The lowest BCUT2D eigenvalue weighted by molar-refractivity contribution is 0.157. The fourth-order valence-corrected chi connectivity index (χ4v) is 5.68. The maximum Gasteiger partial charge on any atom is 0.336 e. The highest BCUT2D eigenvalue weighted by Crippen LogP contribution is 2.66. The molecule has 1 rings (SSSR count). The SMILES string of the molecule is CCOP(=O)(OCC)C(C)(C)C(CC(C)(C)C(C)CC)c1ccccc1. The van der Waals surface area contributed by atoms with Crippen LogP contribution >= 0.6 is 7.60 Å². The molecule has 0 N–H and O–H groups in total. The standard InChI is InChI=1S/C22H39O3P/c1-9-18(4)21(5,6)17-20(19-15-13-12-14-16-19)22(7,8)26(23,24-10-2)25-11-3/h12-16,18,20H,9-11,17H2,1-8H3. The van der Waals surface area contributed by atoms with E-state index in [0.717, 1.165) is 12.8 Å². The van der Waals surface area contributed by atoms with Crippen LogP contribution in [0.5, 0.6) is 0 Å². The number of hydrogen-bond acceptors (Lipinski definition) is 3. The molecule has 0 aliphatic heterocycles. The van der Waals surface area contributed by atoms with Gasteiger partial charge in [-0.1, -0.05) is 64.4 Å². The zero-order chi connectivity index (χ0) is 20.0. The smallest absolute Gasteiger partial charge is 0.308 e. The highest BCUT2D eigenvalue weighted by atomic mass is 31.2. The molecule has 0 saturated heterocycles. The number of hydrogen-bond donors (Lipinski definition) is 0. The molecule has 2 unspecified atom stereocenters. The van der Waals surface area contributed by atoms with E-state index in [0.29, 0.717) is 19.1 Å². The Bertz CT molecular complexity index is 570. The summed E-state index contributed by atoms with van der Waals surface area (Å²) in [4.78, 5) is 0. The van der Waals surface area contributed by atoms with Crippen LogP contribution < -0.4 is 0 Å². The molecular formula is C22H39O3P. The predicted octanol–water partition coefficient (Wildman–Crippen LogP) is 7.28. The first kappa shape index (κ1) is 23.4. The average molecular weight is 383 g/mol. The first-order valence-electron chi connectivity index (χ1n) is 9.99. The molecule has 150 valence electrons. The summed E-state index contributed by atoms with van der Waals surface area (Å²) in [5.41, 5.74) is 1.32. The van der Waals surface area contributed by atoms with E-state index in [1.54, 1.807) is 0 Å². The van der Waals surface area contributed by atoms with Crippen molar-refractivity contribution in [3.8, 4) is 0 Å². The van der Waals surface area contributed by atoms with Crippen LogP contribution in [0.2, 0.25) is 0 Å². The largest absolute Gasteiger partial charge is 0.336 e. The van der Waals surface area contributed by atoms with Crippen LogP contribution in [0.1, 0.15) is 79.7 Å². The zero-order valence-corrected chi connectivity index (χ0v) is 18.9. The van der Waals surface area contributed by atoms with Gasteiger partial charge in [0.2, 0.25) is 0 Å². The van der Waals surface area contributed by atoms with Crippen molar-refractivity contribution in [1.82, 2.24) is 0 Å². The summed E-state index contributed by atoms with van der Waals surface area (Å²) in [6.45, 7) is 17.8. The molecule has 4 heteroatoms. The highest BCUT2D eigenvalue weighted by Gasteiger charge is 2.50. The summed E-state index contributed by atoms with van der Waals surface area (Å²) >= 11 is 0. The van der Waals surface area contributed by atoms with Gasteiger partial charge in [0, 0.05) is 5.92 Å². The molecule has 0 fully saturated rings. The van der Waals surface area contributed by atoms with Crippen LogP contribution in [0.15, 0.2) is 30.3 Å². The molecule has 0 radical (unpaired) electrons. The van der Waals surface area contributed by atoms with Crippen molar-refractivity contribution in [3.63, 3.8) is 0 Å². The molecule has 0 saturated carbocycles. The highest BCUT2D eigenvalue weighted by molar-refractivity contribution is 7.55. The van der Waals surface area contributed by atoms with Gasteiger partial charge in [-0.25, -0.2) is 0 Å². The van der Waals surface area contributed by atoms with Crippen LogP contribution in [-0.2, 0) is 13.6 Å². The Morgan fingerprint density at radius 1 is 0.962 bits per heavy atom. The fourth-order valence-electron chi connectivity index (χ4n) is 3.64. The fraction of sp³-hybridized carbons (Fsp3) is 0.727. The van der Waals surface area contributed by atoms with Gasteiger partial charge in [-0.15, -0.1) is 0 Å². The third-order valence-electron chi connectivity index (χ3n) is 6.04. The lowest BCUT2D eigenvalue weighted by atomic mass is 9.68. The molecule has 0 aliphatic carbocycles. The minimum absolute atomic E-state index is 0.0802. The van der Waals surface area contributed by atoms with Crippen molar-refractivity contribution in [1.29, 1.82) is 0 Å². The van der Waals surface area contributed by atoms with E-state index in [4.69, 9.17) is 9.05 Å². The monoisotopic (exact) mass is 382 g/mol. The van der Waals surface area contributed by atoms with Crippen LogP contribution in [0.25, 0.3) is 0 Å². The Hall–Kier alpha value is -0.630. The van der Waals surface area contributed by atoms with Gasteiger partial charge in [-0.2, -0.15) is 0 Å². The third kappa shape index (κ3) is 5.21. The van der Waals surface area contributed by atoms with E-state index >= 15 is 0 Å². The van der Waals surface area contributed by atoms with Crippen LogP contribution in [0.4, 0.5) is 0 Å². The first-order chi connectivity index (χ1) is 12.1. The van der Waals surface area contributed by atoms with Gasteiger partial charge in [-0.05, 0) is 51.0 Å². The summed E-state index contributed by atoms with van der Waals surface area (Å²) in [7, 11) is -3.27. The molecule has 1 aromatic rings. The Labute approximate surface area is 161 Å². The molecule has 3 nitrogen and oxygen atoms in total. The number of benzene rings is 1. The number of rotatable bonds is 11. The lowest BCUT2D eigenvalue weighted by Crippen LogP contribution is -2.36. The summed E-state index contributed by atoms with van der Waals surface area (Å²) < 4.78 is 25.3. The molecule has 0 bridgehead atoms. The average Bonchev–Trinajstić information content (AvgIpc) is 2.59. The minimum Gasteiger partial charge on any atom is -0.308 e. The maximum atomic E-state index is 13.7. The van der Waals surface area contributed by atoms with Gasteiger partial charge < -0.3 is 9.05 Å². The van der Waals surface area contributed by atoms with Crippen molar-refractivity contribution < 1.29 is 13.6 Å². The Morgan fingerprint density at radius 2 is 1.46 bits per heavy atom. The Balaban J connectivity index is 3.41. The summed E-state index contributed by atoms with van der Waals surface area (Å²) in [5.74, 6) is 0.653. The molecule has 0 aliphatic rings. The van der Waals surface area contributed by atoms with E-state index in [1.807, 2.05) is 33.8 Å². The quantitative estimate of drug-likeness (QED) is 0.377. The van der Waals surface area contributed by atoms with Crippen LogP contribution in [0.3, 0.4) is 0 Å². The normalized spacial score (nSPS) is 15.7. The van der Waals surface area contributed by atoms with Crippen LogP contribution in [0, 0.1) is 11.3 Å². The zero-order valence-electron chi connectivity index (χ0n) is 18.0. The maximum absolute atomic E-state index is 13.7. The molecule has 1 aromatic carbocycles. The van der Waals surface area contributed by atoms with Crippen molar-refractivity contribution in [2.24, 2.45) is 11.3 Å².